The van der Waals surface area contributed by atoms with Gasteiger partial charge >= 0.3 is 0 Å². The summed E-state index contributed by atoms with van der Waals surface area (Å²) >= 11 is 0. The third-order valence-electron chi connectivity index (χ3n) is 2.44. The fourth-order valence-corrected chi connectivity index (χ4v) is 1.50. The van der Waals surface area contributed by atoms with Crippen LogP contribution in [0.3, 0.4) is 0 Å². The molecule has 84 valence electrons. The molecule has 1 aromatic carbocycles. The van der Waals surface area contributed by atoms with Gasteiger partial charge in [0.25, 0.3) is 0 Å². The van der Waals surface area contributed by atoms with Gasteiger partial charge in [-0.15, -0.1) is 0 Å². The van der Waals surface area contributed by atoms with Crippen LogP contribution in [0.25, 0.3) is 0 Å². The first kappa shape index (κ1) is 11.4. The highest BCUT2D eigenvalue weighted by molar-refractivity contribution is 5.34. The van der Waals surface area contributed by atoms with Crippen LogP contribution in [0.15, 0.2) is 54.9 Å². The molecule has 17 heavy (non-hydrogen) atoms. The normalized spacial score (nSPS) is 11.4. The molecule has 2 aromatic rings. The summed E-state index contributed by atoms with van der Waals surface area (Å²) in [5.74, 6) is 6.19. The number of rotatable bonds is 2. The number of hydrogen-bond donors (Lipinski definition) is 1. The van der Waals surface area contributed by atoms with Gasteiger partial charge in [0, 0.05) is 30.4 Å². The van der Waals surface area contributed by atoms with Crippen molar-refractivity contribution in [2.24, 2.45) is 5.73 Å². The molecular weight excluding hydrogens is 208 g/mol. The minimum absolute atomic E-state index is 0.0695. The molecule has 0 aliphatic carbocycles. The zero-order valence-corrected chi connectivity index (χ0v) is 9.51. The van der Waals surface area contributed by atoms with Crippen LogP contribution in [0.4, 0.5) is 0 Å². The predicted molar refractivity (Wildman–Crippen MR) is 69.1 cm³/mol. The Morgan fingerprint density at radius 3 is 2.65 bits per heavy atom. The van der Waals surface area contributed by atoms with Crippen molar-refractivity contribution < 1.29 is 0 Å². The first-order valence-corrected chi connectivity index (χ1v) is 5.55. The maximum Gasteiger partial charge on any atom is 0.0421 e. The summed E-state index contributed by atoms with van der Waals surface area (Å²) in [7, 11) is 0. The van der Waals surface area contributed by atoms with Gasteiger partial charge in [-0.25, -0.2) is 0 Å². The summed E-state index contributed by atoms with van der Waals surface area (Å²) in [6.45, 7) is 0. The second kappa shape index (κ2) is 5.83. The highest BCUT2D eigenvalue weighted by Gasteiger charge is 2.02. The number of hydrogen-bond acceptors (Lipinski definition) is 2. The van der Waals surface area contributed by atoms with E-state index < -0.39 is 0 Å². The molecule has 0 radical (unpaired) electrons. The van der Waals surface area contributed by atoms with E-state index >= 15 is 0 Å². The SMILES string of the molecule is NC(CC#Cc1ccccc1)c1cccnc1. The van der Waals surface area contributed by atoms with Gasteiger partial charge in [-0.3, -0.25) is 4.98 Å². The van der Waals surface area contributed by atoms with E-state index in [0.717, 1.165) is 11.1 Å². The molecule has 1 unspecified atom stereocenters. The molecule has 0 bridgehead atoms. The lowest BCUT2D eigenvalue weighted by Gasteiger charge is -2.06. The zero-order chi connectivity index (χ0) is 11.9. The number of pyridine rings is 1. The molecule has 0 saturated carbocycles. The van der Waals surface area contributed by atoms with Crippen molar-refractivity contribution in [1.82, 2.24) is 4.98 Å². The number of nitrogens with zero attached hydrogens (tertiary/aromatic N) is 1. The van der Waals surface area contributed by atoms with Gasteiger partial charge in [0.2, 0.25) is 0 Å². The average Bonchev–Trinajstić information content (AvgIpc) is 2.41. The third-order valence-corrected chi connectivity index (χ3v) is 2.44. The lowest BCUT2D eigenvalue weighted by molar-refractivity contribution is 0.749. The van der Waals surface area contributed by atoms with Crippen molar-refractivity contribution in [3.05, 3.63) is 66.0 Å². The van der Waals surface area contributed by atoms with E-state index in [0.29, 0.717) is 6.42 Å². The summed E-state index contributed by atoms with van der Waals surface area (Å²) in [6.07, 6.45) is 4.17. The summed E-state index contributed by atoms with van der Waals surface area (Å²) in [5.41, 5.74) is 8.06. The second-order valence-corrected chi connectivity index (χ2v) is 3.76. The Hall–Kier alpha value is -2.11. The maximum atomic E-state index is 6.02. The fraction of sp³-hybridized carbons (Fsp3) is 0.133. The molecule has 2 rings (SSSR count). The van der Waals surface area contributed by atoms with Crippen molar-refractivity contribution in [3.63, 3.8) is 0 Å². The molecule has 2 nitrogen and oxygen atoms in total. The van der Waals surface area contributed by atoms with Gasteiger partial charge in [0.05, 0.1) is 0 Å². The van der Waals surface area contributed by atoms with Crippen LogP contribution >= 0.6 is 0 Å². The van der Waals surface area contributed by atoms with E-state index in [1.54, 1.807) is 12.4 Å². The summed E-state index contributed by atoms with van der Waals surface area (Å²) < 4.78 is 0. The van der Waals surface area contributed by atoms with E-state index in [1.165, 1.54) is 0 Å². The maximum absolute atomic E-state index is 6.02. The topological polar surface area (TPSA) is 38.9 Å². The molecule has 2 N–H and O–H groups in total. The van der Waals surface area contributed by atoms with Crippen molar-refractivity contribution in [2.75, 3.05) is 0 Å². The van der Waals surface area contributed by atoms with Crippen LogP contribution in [-0.2, 0) is 0 Å². The molecule has 0 spiro atoms. The monoisotopic (exact) mass is 222 g/mol. The summed E-state index contributed by atoms with van der Waals surface area (Å²) in [6, 6.07) is 13.7. The number of benzene rings is 1. The van der Waals surface area contributed by atoms with E-state index in [2.05, 4.69) is 16.8 Å². The van der Waals surface area contributed by atoms with Gasteiger partial charge in [-0.2, -0.15) is 0 Å². The largest absolute Gasteiger partial charge is 0.323 e. The number of aromatic nitrogens is 1. The first-order chi connectivity index (χ1) is 8.36. The Labute approximate surface area is 102 Å². The van der Waals surface area contributed by atoms with Crippen LogP contribution in [0.2, 0.25) is 0 Å². The molecule has 0 amide bonds. The highest BCUT2D eigenvalue weighted by Crippen LogP contribution is 2.11. The standard InChI is InChI=1S/C15H14N2/c16-15(14-9-5-11-17-12-14)10-4-8-13-6-2-1-3-7-13/h1-3,5-7,9,11-12,15H,10,16H2. The first-order valence-electron chi connectivity index (χ1n) is 5.55. The minimum atomic E-state index is -0.0695. The third kappa shape index (κ3) is 3.44. The van der Waals surface area contributed by atoms with Crippen LogP contribution in [0.1, 0.15) is 23.6 Å². The smallest absolute Gasteiger partial charge is 0.0421 e. The van der Waals surface area contributed by atoms with Crippen molar-refractivity contribution in [3.8, 4) is 11.8 Å². The van der Waals surface area contributed by atoms with E-state index in [-0.39, 0.29) is 6.04 Å². The molecule has 2 heteroatoms. The summed E-state index contributed by atoms with van der Waals surface area (Å²) in [4.78, 5) is 4.04. The average molecular weight is 222 g/mol. The van der Waals surface area contributed by atoms with Crippen LogP contribution in [0, 0.1) is 11.8 Å². The molecule has 0 saturated heterocycles. The molecule has 1 aromatic heterocycles. The quantitative estimate of drug-likeness (QED) is 0.793. The van der Waals surface area contributed by atoms with E-state index in [4.69, 9.17) is 5.73 Å². The summed E-state index contributed by atoms with van der Waals surface area (Å²) in [5, 5.41) is 0. The number of nitrogens with two attached hydrogens (primary N) is 1. The zero-order valence-electron chi connectivity index (χ0n) is 9.51. The Balaban J connectivity index is 1.98. The Morgan fingerprint density at radius 1 is 1.12 bits per heavy atom. The molecular formula is C15H14N2. The van der Waals surface area contributed by atoms with Crippen LogP contribution in [0.5, 0.6) is 0 Å². The minimum Gasteiger partial charge on any atom is -0.323 e. The molecule has 1 heterocycles. The molecule has 0 aliphatic heterocycles. The molecule has 0 aliphatic rings. The van der Waals surface area contributed by atoms with Gasteiger partial charge < -0.3 is 5.73 Å². The van der Waals surface area contributed by atoms with Gasteiger partial charge in [-0.1, -0.05) is 36.1 Å². The van der Waals surface area contributed by atoms with Crippen molar-refractivity contribution in [1.29, 1.82) is 0 Å². The second-order valence-electron chi connectivity index (χ2n) is 3.76. The predicted octanol–water partition coefficient (Wildman–Crippen LogP) is 2.52. The Bertz CT molecular complexity index is 509. The van der Waals surface area contributed by atoms with Crippen molar-refractivity contribution in [2.45, 2.75) is 12.5 Å². The molecule has 0 fully saturated rings. The van der Waals surface area contributed by atoms with Gasteiger partial charge in [0.15, 0.2) is 0 Å². The van der Waals surface area contributed by atoms with E-state index in [9.17, 15) is 0 Å². The lowest BCUT2D eigenvalue weighted by Crippen LogP contribution is -2.09. The van der Waals surface area contributed by atoms with Gasteiger partial charge in [0.1, 0.15) is 0 Å². The Morgan fingerprint density at radius 2 is 1.94 bits per heavy atom. The molecule has 1 atom stereocenters. The van der Waals surface area contributed by atoms with Crippen molar-refractivity contribution >= 4 is 0 Å². The Kier molecular flexibility index (Phi) is 3.90. The highest BCUT2D eigenvalue weighted by atomic mass is 14.7. The van der Waals surface area contributed by atoms with E-state index in [1.807, 2.05) is 42.5 Å². The van der Waals surface area contributed by atoms with Gasteiger partial charge in [-0.05, 0) is 23.8 Å². The lowest BCUT2D eigenvalue weighted by atomic mass is 10.1. The fourth-order valence-electron chi connectivity index (χ4n) is 1.50. The van der Waals surface area contributed by atoms with Crippen LogP contribution in [-0.4, -0.2) is 4.98 Å². The van der Waals surface area contributed by atoms with Crippen LogP contribution < -0.4 is 5.73 Å².